The van der Waals surface area contributed by atoms with Gasteiger partial charge in [-0.15, -0.1) is 0 Å². The second-order valence-electron chi connectivity index (χ2n) is 9.61. The highest BCUT2D eigenvalue weighted by molar-refractivity contribution is 6.30. The fourth-order valence-corrected chi connectivity index (χ4v) is 5.28. The summed E-state index contributed by atoms with van der Waals surface area (Å²) in [5.41, 5.74) is 0.262. The van der Waals surface area contributed by atoms with Crippen molar-refractivity contribution in [2.45, 2.75) is 62.8 Å². The topological polar surface area (TPSA) is 32.7 Å². The molecule has 1 aliphatic carbocycles. The minimum atomic E-state index is -4.34. The van der Waals surface area contributed by atoms with Crippen LogP contribution in [0.2, 0.25) is 5.02 Å². The van der Waals surface area contributed by atoms with E-state index in [0.29, 0.717) is 30.0 Å². The summed E-state index contributed by atoms with van der Waals surface area (Å²) in [5, 5.41) is 12.0. The average molecular weight is 482 g/mol. The lowest BCUT2D eigenvalue weighted by Crippen LogP contribution is -2.54. The Hall–Kier alpha value is -1.76. The molecule has 2 aromatic carbocycles. The molecule has 1 N–H and O–H groups in total. The maximum absolute atomic E-state index is 12.7. The molecule has 0 spiro atoms. The molecule has 2 fully saturated rings. The predicted molar refractivity (Wildman–Crippen MR) is 124 cm³/mol. The van der Waals surface area contributed by atoms with Crippen LogP contribution in [-0.4, -0.2) is 41.8 Å². The third-order valence-electron chi connectivity index (χ3n) is 7.49. The molecule has 0 aromatic heterocycles. The molecule has 4 rings (SSSR count). The second kappa shape index (κ2) is 9.85. The zero-order valence-electron chi connectivity index (χ0n) is 18.8. The first-order valence-electron chi connectivity index (χ1n) is 11.7. The highest BCUT2D eigenvalue weighted by Crippen LogP contribution is 2.47. The van der Waals surface area contributed by atoms with Gasteiger partial charge in [0.15, 0.2) is 0 Å². The van der Waals surface area contributed by atoms with Gasteiger partial charge in [-0.2, -0.15) is 13.2 Å². The Morgan fingerprint density at radius 2 is 1.76 bits per heavy atom. The Balaban J connectivity index is 1.35. The Morgan fingerprint density at radius 3 is 2.33 bits per heavy atom. The monoisotopic (exact) mass is 481 g/mol. The Bertz CT molecular complexity index is 913. The molecule has 0 radical (unpaired) electrons. The summed E-state index contributed by atoms with van der Waals surface area (Å²) in [4.78, 5) is 2.34. The number of rotatable bonds is 7. The summed E-state index contributed by atoms with van der Waals surface area (Å²) in [6.45, 7) is 4.04. The number of hydrogen-bond donors (Lipinski definition) is 1. The average Bonchev–Trinajstić information content (AvgIpc) is 2.74. The molecular weight excluding hydrogens is 451 g/mol. The Labute approximate surface area is 198 Å². The van der Waals surface area contributed by atoms with Gasteiger partial charge in [0.05, 0.1) is 18.3 Å². The van der Waals surface area contributed by atoms with Crippen LogP contribution in [0.15, 0.2) is 48.5 Å². The molecule has 0 amide bonds. The number of alkyl halides is 3. The molecular formula is C26H31ClF3NO2. The number of ether oxygens (including phenoxy) is 1. The van der Waals surface area contributed by atoms with Crippen molar-refractivity contribution in [3.63, 3.8) is 0 Å². The number of nitrogens with zero attached hydrogens (tertiary/aromatic N) is 1. The molecule has 2 aromatic rings. The van der Waals surface area contributed by atoms with Gasteiger partial charge in [-0.25, -0.2) is 0 Å². The molecule has 3 atom stereocenters. The fourth-order valence-electron chi connectivity index (χ4n) is 5.16. The molecule has 7 heteroatoms. The van der Waals surface area contributed by atoms with Crippen molar-refractivity contribution in [1.29, 1.82) is 0 Å². The van der Waals surface area contributed by atoms with Crippen molar-refractivity contribution >= 4 is 11.6 Å². The Kier molecular flexibility index (Phi) is 7.27. The summed E-state index contributed by atoms with van der Waals surface area (Å²) in [7, 11) is 0. The van der Waals surface area contributed by atoms with E-state index in [9.17, 15) is 18.3 Å². The molecule has 0 bridgehead atoms. The standard InChI is InChI=1S/C26H31ClF3NO2/c1-18-3-4-19(17-33-23-11-7-21(8-12-23)26(28,29)30)15-31(18)16-24(32)25(13-2-14-25)20-5-9-22(27)10-6-20/h5-12,18-19,24,32H,2-4,13-17H2,1H3/t18-,19-,24-/m1/s1. The third-order valence-corrected chi connectivity index (χ3v) is 7.74. The maximum Gasteiger partial charge on any atom is 0.416 e. The van der Waals surface area contributed by atoms with Gasteiger partial charge in [0.25, 0.3) is 0 Å². The summed E-state index contributed by atoms with van der Waals surface area (Å²) in [5.74, 6) is 0.716. The number of benzene rings is 2. The van der Waals surface area contributed by atoms with Crippen LogP contribution in [0.25, 0.3) is 0 Å². The quantitative estimate of drug-likeness (QED) is 0.502. The number of piperidine rings is 1. The first kappa shape index (κ1) is 24.4. The van der Waals surface area contributed by atoms with E-state index in [-0.39, 0.29) is 11.3 Å². The highest BCUT2D eigenvalue weighted by atomic mass is 35.5. The van der Waals surface area contributed by atoms with Crippen LogP contribution in [0, 0.1) is 5.92 Å². The maximum atomic E-state index is 12.7. The number of aliphatic hydroxyl groups is 1. The molecule has 0 unspecified atom stereocenters. The molecule has 2 aliphatic rings. The molecule has 1 heterocycles. The number of β-amino-alcohol motifs (C(OH)–C–C–N with tert-alkyl or cyclic N) is 1. The van der Waals surface area contributed by atoms with Gasteiger partial charge in [0.1, 0.15) is 5.75 Å². The summed E-state index contributed by atoms with van der Waals surface area (Å²) in [6, 6.07) is 13.1. The van der Waals surface area contributed by atoms with Gasteiger partial charge < -0.3 is 9.84 Å². The SMILES string of the molecule is C[C@@H]1CC[C@@H](COc2ccc(C(F)(F)F)cc2)CN1C[C@@H](O)C1(c2ccc(Cl)cc2)CCC1. The lowest BCUT2D eigenvalue weighted by atomic mass is 9.61. The predicted octanol–water partition coefficient (Wildman–Crippen LogP) is 6.32. The number of halogens is 4. The molecule has 33 heavy (non-hydrogen) atoms. The summed E-state index contributed by atoms with van der Waals surface area (Å²) >= 11 is 6.06. The van der Waals surface area contributed by atoms with Gasteiger partial charge in [-0.3, -0.25) is 4.90 Å². The molecule has 1 saturated carbocycles. The van der Waals surface area contributed by atoms with Crippen LogP contribution in [0.3, 0.4) is 0 Å². The van der Waals surface area contributed by atoms with E-state index >= 15 is 0 Å². The van der Waals surface area contributed by atoms with Crippen LogP contribution in [0.5, 0.6) is 5.75 Å². The van der Waals surface area contributed by atoms with Crippen LogP contribution in [0.4, 0.5) is 13.2 Å². The summed E-state index contributed by atoms with van der Waals surface area (Å²) < 4.78 is 44.1. The lowest BCUT2D eigenvalue weighted by Gasteiger charge is -2.49. The first-order chi connectivity index (χ1) is 15.7. The van der Waals surface area contributed by atoms with Crippen molar-refractivity contribution in [2.75, 3.05) is 19.7 Å². The zero-order valence-corrected chi connectivity index (χ0v) is 19.6. The highest BCUT2D eigenvalue weighted by Gasteiger charge is 2.46. The van der Waals surface area contributed by atoms with Crippen LogP contribution in [0.1, 0.15) is 50.2 Å². The molecule has 1 saturated heterocycles. The van der Waals surface area contributed by atoms with Gasteiger partial charge >= 0.3 is 6.18 Å². The van der Waals surface area contributed by atoms with E-state index in [0.717, 1.165) is 56.3 Å². The van der Waals surface area contributed by atoms with Gasteiger partial charge in [0.2, 0.25) is 0 Å². The number of likely N-dealkylation sites (tertiary alicyclic amines) is 1. The minimum Gasteiger partial charge on any atom is -0.493 e. The van der Waals surface area contributed by atoms with E-state index in [4.69, 9.17) is 16.3 Å². The van der Waals surface area contributed by atoms with E-state index in [1.165, 1.54) is 12.1 Å². The third kappa shape index (κ3) is 5.50. The van der Waals surface area contributed by atoms with Gasteiger partial charge in [0, 0.05) is 35.5 Å². The Morgan fingerprint density at radius 1 is 1.09 bits per heavy atom. The second-order valence-corrected chi connectivity index (χ2v) is 10.0. The van der Waals surface area contributed by atoms with Crippen molar-refractivity contribution in [3.8, 4) is 5.75 Å². The number of aliphatic hydroxyl groups excluding tert-OH is 1. The van der Waals surface area contributed by atoms with Gasteiger partial charge in [-0.1, -0.05) is 30.2 Å². The first-order valence-corrected chi connectivity index (χ1v) is 12.0. The van der Waals surface area contributed by atoms with E-state index in [1.807, 2.05) is 24.3 Å². The van der Waals surface area contributed by atoms with Crippen molar-refractivity contribution < 1.29 is 23.0 Å². The smallest absolute Gasteiger partial charge is 0.416 e. The normalized spacial score (nSPS) is 24.2. The summed E-state index contributed by atoms with van der Waals surface area (Å²) in [6.07, 6.45) is 0.238. The van der Waals surface area contributed by atoms with Gasteiger partial charge in [-0.05, 0) is 74.6 Å². The fraction of sp³-hybridized carbons (Fsp3) is 0.538. The van der Waals surface area contributed by atoms with Crippen molar-refractivity contribution in [1.82, 2.24) is 4.90 Å². The largest absolute Gasteiger partial charge is 0.493 e. The van der Waals surface area contributed by atoms with Crippen molar-refractivity contribution in [2.24, 2.45) is 5.92 Å². The molecule has 1 aliphatic heterocycles. The minimum absolute atomic E-state index is 0.214. The van der Waals surface area contributed by atoms with E-state index in [2.05, 4.69) is 11.8 Å². The zero-order chi connectivity index (χ0) is 23.6. The van der Waals surface area contributed by atoms with Crippen LogP contribution >= 0.6 is 11.6 Å². The molecule has 3 nitrogen and oxygen atoms in total. The van der Waals surface area contributed by atoms with E-state index in [1.54, 1.807) is 0 Å². The molecule has 180 valence electrons. The lowest BCUT2D eigenvalue weighted by molar-refractivity contribution is -0.137. The van der Waals surface area contributed by atoms with E-state index < -0.39 is 17.8 Å². The van der Waals surface area contributed by atoms with Crippen molar-refractivity contribution in [3.05, 3.63) is 64.7 Å². The number of hydrogen-bond acceptors (Lipinski definition) is 3. The van der Waals surface area contributed by atoms with Crippen LogP contribution in [-0.2, 0) is 11.6 Å². The van der Waals surface area contributed by atoms with Crippen LogP contribution < -0.4 is 4.74 Å².